The Morgan fingerprint density at radius 1 is 1.50 bits per heavy atom. The number of hydrogen-bond acceptors (Lipinski definition) is 3. The minimum atomic E-state index is -0.00233. The van der Waals surface area contributed by atoms with Crippen LogP contribution in [0.25, 0.3) is 11.0 Å². The maximum absolute atomic E-state index is 11.7. The smallest absolute Gasteiger partial charge is 0.238 e. The highest BCUT2D eigenvalue weighted by Crippen LogP contribution is 2.19. The second kappa shape index (κ2) is 4.42. The zero-order valence-corrected chi connectivity index (χ0v) is 10.3. The van der Waals surface area contributed by atoms with Gasteiger partial charge in [-0.3, -0.25) is 4.79 Å². The summed E-state index contributed by atoms with van der Waals surface area (Å²) in [4.78, 5) is 19.2. The van der Waals surface area contributed by atoms with Gasteiger partial charge in [0.15, 0.2) is 0 Å². The molecular weight excluding hydrogens is 228 g/mol. The van der Waals surface area contributed by atoms with Gasteiger partial charge in [-0.2, -0.15) is 0 Å². The Labute approximate surface area is 105 Å². The number of nitrogens with one attached hydrogen (secondary N) is 3. The average molecular weight is 244 g/mol. The summed E-state index contributed by atoms with van der Waals surface area (Å²) >= 11 is 0. The van der Waals surface area contributed by atoms with Gasteiger partial charge in [-0.05, 0) is 38.0 Å². The molecule has 1 heterocycles. The van der Waals surface area contributed by atoms with Gasteiger partial charge in [-0.25, -0.2) is 4.98 Å². The van der Waals surface area contributed by atoms with Crippen LogP contribution in [0.2, 0.25) is 0 Å². The predicted octanol–water partition coefficient (Wildman–Crippen LogP) is 1.56. The van der Waals surface area contributed by atoms with Crippen molar-refractivity contribution in [3.05, 3.63) is 24.0 Å². The molecule has 1 saturated carbocycles. The number of aromatic nitrogens is 2. The standard InChI is InChI=1S/C13H16N4O/c1-8-15-11-5-4-10(6-12(11)16-8)17-13(18)7-14-9-2-3-9/h4-6,9,14H,2-3,7H2,1H3,(H,15,16)(H,17,18). The van der Waals surface area contributed by atoms with E-state index in [9.17, 15) is 4.79 Å². The molecule has 0 bridgehead atoms. The van der Waals surface area contributed by atoms with Crippen molar-refractivity contribution < 1.29 is 4.79 Å². The number of hydrogen-bond donors (Lipinski definition) is 3. The van der Waals surface area contributed by atoms with Crippen LogP contribution in [0.1, 0.15) is 18.7 Å². The van der Waals surface area contributed by atoms with Crippen molar-refractivity contribution in [2.45, 2.75) is 25.8 Å². The number of fused-ring (bicyclic) bond motifs is 1. The summed E-state index contributed by atoms with van der Waals surface area (Å²) in [6.45, 7) is 2.29. The van der Waals surface area contributed by atoms with Gasteiger partial charge >= 0.3 is 0 Å². The second-order valence-corrected chi connectivity index (χ2v) is 4.76. The molecule has 0 spiro atoms. The molecule has 5 nitrogen and oxygen atoms in total. The molecule has 0 radical (unpaired) electrons. The zero-order valence-electron chi connectivity index (χ0n) is 10.3. The van der Waals surface area contributed by atoms with E-state index in [4.69, 9.17) is 0 Å². The number of imidazole rings is 1. The van der Waals surface area contributed by atoms with Crippen LogP contribution in [-0.2, 0) is 4.79 Å². The van der Waals surface area contributed by atoms with E-state index in [-0.39, 0.29) is 5.91 Å². The molecule has 1 aromatic heterocycles. The topological polar surface area (TPSA) is 69.8 Å². The van der Waals surface area contributed by atoms with E-state index in [0.29, 0.717) is 12.6 Å². The molecule has 1 aromatic carbocycles. The Bertz CT molecular complexity index is 586. The highest BCUT2D eigenvalue weighted by atomic mass is 16.1. The van der Waals surface area contributed by atoms with E-state index in [1.54, 1.807) is 0 Å². The molecule has 1 aliphatic rings. The fourth-order valence-electron chi connectivity index (χ4n) is 1.94. The molecule has 5 heteroatoms. The minimum absolute atomic E-state index is 0.00233. The number of benzene rings is 1. The first-order valence-electron chi connectivity index (χ1n) is 6.20. The van der Waals surface area contributed by atoms with Crippen LogP contribution in [0.4, 0.5) is 5.69 Å². The van der Waals surface area contributed by atoms with Gasteiger partial charge in [-0.15, -0.1) is 0 Å². The molecule has 3 rings (SSSR count). The van der Waals surface area contributed by atoms with Crippen molar-refractivity contribution in [3.63, 3.8) is 0 Å². The third-order valence-corrected chi connectivity index (χ3v) is 3.01. The number of nitrogens with zero attached hydrogens (tertiary/aromatic N) is 1. The van der Waals surface area contributed by atoms with Crippen molar-refractivity contribution in [2.75, 3.05) is 11.9 Å². The van der Waals surface area contributed by atoms with Crippen molar-refractivity contribution in [3.8, 4) is 0 Å². The largest absolute Gasteiger partial charge is 0.342 e. The molecule has 2 aromatic rings. The van der Waals surface area contributed by atoms with Crippen LogP contribution in [0.3, 0.4) is 0 Å². The Balaban J connectivity index is 1.67. The van der Waals surface area contributed by atoms with E-state index in [1.807, 2.05) is 25.1 Å². The fraction of sp³-hybridized carbons (Fsp3) is 0.385. The Hall–Kier alpha value is -1.88. The summed E-state index contributed by atoms with van der Waals surface area (Å²) in [5.74, 6) is 0.876. The molecule has 94 valence electrons. The monoisotopic (exact) mass is 244 g/mol. The van der Waals surface area contributed by atoms with Gasteiger partial charge in [0.05, 0.1) is 17.6 Å². The molecule has 1 aliphatic carbocycles. The number of aryl methyl sites for hydroxylation is 1. The Morgan fingerprint density at radius 3 is 3.11 bits per heavy atom. The van der Waals surface area contributed by atoms with Gasteiger partial charge in [0, 0.05) is 11.7 Å². The molecule has 1 amide bonds. The molecule has 0 aliphatic heterocycles. The molecule has 0 unspecified atom stereocenters. The van der Waals surface area contributed by atoms with Crippen molar-refractivity contribution >= 4 is 22.6 Å². The zero-order chi connectivity index (χ0) is 12.5. The van der Waals surface area contributed by atoms with E-state index in [0.717, 1.165) is 22.5 Å². The van der Waals surface area contributed by atoms with Gasteiger partial charge in [0.25, 0.3) is 0 Å². The Morgan fingerprint density at radius 2 is 2.33 bits per heavy atom. The van der Waals surface area contributed by atoms with Crippen LogP contribution < -0.4 is 10.6 Å². The molecular formula is C13H16N4O. The highest BCUT2D eigenvalue weighted by Gasteiger charge is 2.21. The molecule has 1 fully saturated rings. The lowest BCUT2D eigenvalue weighted by atomic mass is 10.2. The van der Waals surface area contributed by atoms with E-state index >= 15 is 0 Å². The summed E-state index contributed by atoms with van der Waals surface area (Å²) in [6.07, 6.45) is 2.37. The van der Waals surface area contributed by atoms with E-state index < -0.39 is 0 Å². The molecule has 3 N–H and O–H groups in total. The normalized spacial score (nSPS) is 14.9. The van der Waals surface area contributed by atoms with Crippen LogP contribution in [-0.4, -0.2) is 28.5 Å². The SMILES string of the molecule is Cc1nc2ccc(NC(=O)CNC3CC3)cc2[nH]1. The number of anilines is 1. The molecule has 0 saturated heterocycles. The summed E-state index contributed by atoms with van der Waals surface area (Å²) in [7, 11) is 0. The minimum Gasteiger partial charge on any atom is -0.342 e. The first kappa shape index (κ1) is 11.2. The van der Waals surface area contributed by atoms with E-state index in [1.165, 1.54) is 12.8 Å². The fourth-order valence-corrected chi connectivity index (χ4v) is 1.94. The number of amides is 1. The summed E-state index contributed by atoms with van der Waals surface area (Å²) < 4.78 is 0. The molecule has 0 atom stereocenters. The van der Waals surface area contributed by atoms with Crippen molar-refractivity contribution in [1.29, 1.82) is 0 Å². The molecule has 18 heavy (non-hydrogen) atoms. The third-order valence-electron chi connectivity index (χ3n) is 3.01. The van der Waals surface area contributed by atoms with Crippen LogP contribution in [0.5, 0.6) is 0 Å². The second-order valence-electron chi connectivity index (χ2n) is 4.76. The van der Waals surface area contributed by atoms with Crippen LogP contribution in [0, 0.1) is 6.92 Å². The summed E-state index contributed by atoms with van der Waals surface area (Å²) in [5.41, 5.74) is 2.66. The predicted molar refractivity (Wildman–Crippen MR) is 70.5 cm³/mol. The van der Waals surface area contributed by atoms with Gasteiger partial charge in [0.1, 0.15) is 5.82 Å². The van der Waals surface area contributed by atoms with Crippen LogP contribution in [0.15, 0.2) is 18.2 Å². The van der Waals surface area contributed by atoms with Crippen LogP contribution >= 0.6 is 0 Å². The lowest BCUT2D eigenvalue weighted by molar-refractivity contribution is -0.115. The average Bonchev–Trinajstić information content (AvgIpc) is 3.08. The lowest BCUT2D eigenvalue weighted by Crippen LogP contribution is -2.29. The summed E-state index contributed by atoms with van der Waals surface area (Å²) in [5, 5.41) is 6.06. The lowest BCUT2D eigenvalue weighted by Gasteiger charge is -2.05. The number of carbonyl (C=O) groups excluding carboxylic acids is 1. The maximum Gasteiger partial charge on any atom is 0.238 e. The van der Waals surface area contributed by atoms with Crippen molar-refractivity contribution in [1.82, 2.24) is 15.3 Å². The van der Waals surface area contributed by atoms with Gasteiger partial charge in [-0.1, -0.05) is 0 Å². The quantitative estimate of drug-likeness (QED) is 0.764. The van der Waals surface area contributed by atoms with Crippen molar-refractivity contribution in [2.24, 2.45) is 0 Å². The maximum atomic E-state index is 11.7. The number of aromatic amines is 1. The Kier molecular flexibility index (Phi) is 2.76. The van der Waals surface area contributed by atoms with Gasteiger partial charge in [0.2, 0.25) is 5.91 Å². The summed E-state index contributed by atoms with van der Waals surface area (Å²) in [6, 6.07) is 6.23. The number of rotatable bonds is 4. The third kappa shape index (κ3) is 2.51. The van der Waals surface area contributed by atoms with E-state index in [2.05, 4.69) is 20.6 Å². The number of carbonyl (C=O) groups is 1. The first-order valence-corrected chi connectivity index (χ1v) is 6.20. The first-order chi connectivity index (χ1) is 8.70. The van der Waals surface area contributed by atoms with Gasteiger partial charge < -0.3 is 15.6 Å². The number of H-pyrrole nitrogens is 1. The highest BCUT2D eigenvalue weighted by molar-refractivity contribution is 5.94.